The van der Waals surface area contributed by atoms with Crippen LogP contribution in [0.4, 0.5) is 5.69 Å². The molecule has 0 saturated carbocycles. The maximum Gasteiger partial charge on any atom is 0.250 e. The summed E-state index contributed by atoms with van der Waals surface area (Å²) < 4.78 is 0.914. The van der Waals surface area contributed by atoms with Gasteiger partial charge in [0.15, 0.2) is 0 Å². The van der Waals surface area contributed by atoms with Crippen LogP contribution in [-0.2, 0) is 4.79 Å². The molecule has 0 aliphatic heterocycles. The summed E-state index contributed by atoms with van der Waals surface area (Å²) in [5.41, 5.74) is 0.492. The number of hydrogen-bond donors (Lipinski definition) is 1. The van der Waals surface area contributed by atoms with Crippen molar-refractivity contribution >= 4 is 27.5 Å². The van der Waals surface area contributed by atoms with Crippen molar-refractivity contribution in [1.29, 1.82) is 0 Å². The quantitative estimate of drug-likeness (QED) is 0.668. The molecule has 4 heteroatoms. The molecular weight excluding hydrogens is 246 g/mol. The molecule has 0 fully saturated rings. The summed E-state index contributed by atoms with van der Waals surface area (Å²) >= 11 is 3.28. The van der Waals surface area contributed by atoms with Gasteiger partial charge in [-0.25, -0.2) is 0 Å². The highest BCUT2D eigenvalue weighted by Crippen LogP contribution is 2.17. The van der Waals surface area contributed by atoms with Crippen LogP contribution in [0, 0.1) is 0 Å². The Hall–Kier alpha value is -0.870. The van der Waals surface area contributed by atoms with E-state index in [2.05, 4.69) is 15.9 Å². The molecule has 0 spiro atoms. The van der Waals surface area contributed by atoms with E-state index in [1.54, 1.807) is 24.3 Å². The molecule has 0 radical (unpaired) electrons. The van der Waals surface area contributed by atoms with Crippen LogP contribution in [-0.4, -0.2) is 11.1 Å². The number of rotatable bonds is 3. The van der Waals surface area contributed by atoms with Crippen molar-refractivity contribution in [3.63, 3.8) is 0 Å². The minimum absolute atomic E-state index is 0.283. The van der Waals surface area contributed by atoms with E-state index in [9.17, 15) is 10.0 Å². The Morgan fingerprint density at radius 1 is 1.43 bits per heavy atom. The van der Waals surface area contributed by atoms with Gasteiger partial charge in [0.25, 0.3) is 5.91 Å². The van der Waals surface area contributed by atoms with Gasteiger partial charge < -0.3 is 0 Å². The molecule has 0 bridgehead atoms. The van der Waals surface area contributed by atoms with Crippen molar-refractivity contribution in [2.45, 2.75) is 19.8 Å². The lowest BCUT2D eigenvalue weighted by molar-refractivity contribution is -0.123. The number of hydrogen-bond acceptors (Lipinski definition) is 2. The molecule has 0 heterocycles. The fourth-order valence-electron chi connectivity index (χ4n) is 1.05. The standard InChI is InChI=1S/C10H12BrNO2/c1-2-3-10(13)12(14)9-6-4-8(11)5-7-9/h4-7,14H,2-3H2,1H3. The van der Waals surface area contributed by atoms with Crippen molar-refractivity contribution in [2.75, 3.05) is 5.06 Å². The van der Waals surface area contributed by atoms with Crippen LogP contribution in [0.1, 0.15) is 19.8 Å². The number of carbonyl (C=O) groups is 1. The van der Waals surface area contributed by atoms with Crippen molar-refractivity contribution in [3.05, 3.63) is 28.7 Å². The summed E-state index contributed by atoms with van der Waals surface area (Å²) in [5, 5.41) is 10.2. The van der Waals surface area contributed by atoms with E-state index >= 15 is 0 Å². The van der Waals surface area contributed by atoms with Crippen molar-refractivity contribution < 1.29 is 10.0 Å². The van der Waals surface area contributed by atoms with E-state index in [4.69, 9.17) is 0 Å². The number of carbonyl (C=O) groups excluding carboxylic acids is 1. The number of hydroxylamine groups is 1. The Morgan fingerprint density at radius 3 is 2.50 bits per heavy atom. The lowest BCUT2D eigenvalue weighted by Crippen LogP contribution is -2.26. The van der Waals surface area contributed by atoms with Crippen molar-refractivity contribution in [2.24, 2.45) is 0 Å². The van der Waals surface area contributed by atoms with Crippen molar-refractivity contribution in [1.82, 2.24) is 0 Å². The minimum Gasteiger partial charge on any atom is -0.281 e. The Morgan fingerprint density at radius 2 is 2.00 bits per heavy atom. The molecule has 0 unspecified atom stereocenters. The van der Waals surface area contributed by atoms with Gasteiger partial charge in [-0.15, -0.1) is 0 Å². The highest BCUT2D eigenvalue weighted by atomic mass is 79.9. The third-order valence-electron chi connectivity index (χ3n) is 1.77. The molecule has 1 N–H and O–H groups in total. The van der Waals surface area contributed by atoms with Crippen molar-refractivity contribution in [3.8, 4) is 0 Å². The Balaban J connectivity index is 2.73. The summed E-state index contributed by atoms with van der Waals surface area (Å²) in [6.07, 6.45) is 1.08. The maximum absolute atomic E-state index is 11.3. The van der Waals surface area contributed by atoms with Crippen LogP contribution >= 0.6 is 15.9 Å². The van der Waals surface area contributed by atoms with Gasteiger partial charge in [-0.05, 0) is 30.7 Å². The van der Waals surface area contributed by atoms with E-state index in [0.717, 1.165) is 10.9 Å². The molecule has 14 heavy (non-hydrogen) atoms. The van der Waals surface area contributed by atoms with Gasteiger partial charge in [0, 0.05) is 10.9 Å². The normalized spacial score (nSPS) is 9.93. The number of nitrogens with zero attached hydrogens (tertiary/aromatic N) is 1. The average Bonchev–Trinajstić information content (AvgIpc) is 2.18. The highest BCUT2D eigenvalue weighted by Gasteiger charge is 2.11. The topological polar surface area (TPSA) is 40.5 Å². The van der Waals surface area contributed by atoms with Crippen LogP contribution in [0.25, 0.3) is 0 Å². The zero-order chi connectivity index (χ0) is 10.6. The van der Waals surface area contributed by atoms with Gasteiger partial charge in [-0.3, -0.25) is 10.0 Å². The van der Waals surface area contributed by atoms with Gasteiger partial charge >= 0.3 is 0 Å². The Labute approximate surface area is 91.4 Å². The van der Waals surface area contributed by atoms with Gasteiger partial charge in [-0.1, -0.05) is 22.9 Å². The minimum atomic E-state index is -0.283. The second-order valence-corrected chi connectivity index (χ2v) is 3.85. The SMILES string of the molecule is CCCC(=O)N(O)c1ccc(Br)cc1. The smallest absolute Gasteiger partial charge is 0.250 e. The summed E-state index contributed by atoms with van der Waals surface area (Å²) in [6.45, 7) is 1.90. The first-order valence-corrected chi connectivity index (χ1v) is 5.22. The molecule has 0 aliphatic rings. The molecule has 1 aromatic rings. The second-order valence-electron chi connectivity index (χ2n) is 2.93. The summed E-state index contributed by atoms with van der Waals surface area (Å²) in [7, 11) is 0. The monoisotopic (exact) mass is 257 g/mol. The molecule has 3 nitrogen and oxygen atoms in total. The molecule has 0 aliphatic carbocycles. The Bertz CT molecular complexity index is 310. The van der Waals surface area contributed by atoms with Crippen LogP contribution < -0.4 is 5.06 Å². The van der Waals surface area contributed by atoms with Gasteiger partial charge in [-0.2, -0.15) is 5.06 Å². The van der Waals surface area contributed by atoms with Gasteiger partial charge in [0.1, 0.15) is 0 Å². The van der Waals surface area contributed by atoms with E-state index in [1.165, 1.54) is 0 Å². The fraction of sp³-hybridized carbons (Fsp3) is 0.300. The second kappa shape index (κ2) is 5.12. The molecular formula is C10H12BrNO2. The van der Waals surface area contributed by atoms with E-state index in [-0.39, 0.29) is 5.91 Å². The molecule has 1 amide bonds. The van der Waals surface area contributed by atoms with E-state index < -0.39 is 0 Å². The van der Waals surface area contributed by atoms with Gasteiger partial charge in [0.2, 0.25) is 0 Å². The lowest BCUT2D eigenvalue weighted by atomic mass is 10.3. The van der Waals surface area contributed by atoms with E-state index in [0.29, 0.717) is 17.2 Å². The predicted octanol–water partition coefficient (Wildman–Crippen LogP) is 2.97. The largest absolute Gasteiger partial charge is 0.281 e. The van der Waals surface area contributed by atoms with Crippen LogP contribution in [0.2, 0.25) is 0 Å². The molecule has 0 atom stereocenters. The fourth-order valence-corrected chi connectivity index (χ4v) is 1.31. The Kier molecular flexibility index (Phi) is 4.10. The third-order valence-corrected chi connectivity index (χ3v) is 2.30. The zero-order valence-electron chi connectivity index (χ0n) is 7.90. The highest BCUT2D eigenvalue weighted by molar-refractivity contribution is 9.10. The average molecular weight is 258 g/mol. The lowest BCUT2D eigenvalue weighted by Gasteiger charge is -2.14. The molecule has 1 aromatic carbocycles. The van der Waals surface area contributed by atoms with Crippen LogP contribution in [0.15, 0.2) is 28.7 Å². The summed E-state index contributed by atoms with van der Waals surface area (Å²) in [4.78, 5) is 11.3. The molecule has 76 valence electrons. The third kappa shape index (κ3) is 2.82. The summed E-state index contributed by atoms with van der Waals surface area (Å²) in [5.74, 6) is -0.283. The number of benzene rings is 1. The number of amides is 1. The summed E-state index contributed by atoms with van der Waals surface area (Å²) in [6, 6.07) is 6.91. The van der Waals surface area contributed by atoms with Gasteiger partial charge in [0.05, 0.1) is 5.69 Å². The van der Waals surface area contributed by atoms with Crippen LogP contribution in [0.5, 0.6) is 0 Å². The first-order chi connectivity index (χ1) is 6.65. The molecule has 1 rings (SSSR count). The zero-order valence-corrected chi connectivity index (χ0v) is 9.49. The number of anilines is 1. The first-order valence-electron chi connectivity index (χ1n) is 4.42. The molecule has 0 saturated heterocycles. The first kappa shape index (κ1) is 11.2. The van der Waals surface area contributed by atoms with E-state index in [1.807, 2.05) is 6.92 Å². The van der Waals surface area contributed by atoms with Crippen LogP contribution in [0.3, 0.4) is 0 Å². The molecule has 0 aromatic heterocycles. The maximum atomic E-state index is 11.3. The number of halogens is 1. The predicted molar refractivity (Wildman–Crippen MR) is 58.3 cm³/mol.